The summed E-state index contributed by atoms with van der Waals surface area (Å²) in [4.78, 5) is 11.8. The topological polar surface area (TPSA) is 64.7 Å². The van der Waals surface area contributed by atoms with E-state index < -0.39 is 0 Å². The number of hydrogen-bond donors (Lipinski definition) is 1. The average molecular weight is 235 g/mol. The zero-order chi connectivity index (χ0) is 11.7. The van der Waals surface area contributed by atoms with Crippen LogP contribution in [0, 0.1) is 13.8 Å². The molecule has 0 bridgehead atoms. The van der Waals surface area contributed by atoms with Gasteiger partial charge in [-0.1, -0.05) is 17.2 Å². The minimum absolute atomic E-state index is 0.113. The van der Waals surface area contributed by atoms with Gasteiger partial charge in [0.2, 0.25) is 11.2 Å². The first-order valence-electron chi connectivity index (χ1n) is 4.80. The van der Waals surface area contributed by atoms with Gasteiger partial charge in [-0.25, -0.2) is 0 Å². The van der Waals surface area contributed by atoms with E-state index in [2.05, 4.69) is 21.0 Å². The summed E-state index contributed by atoms with van der Waals surface area (Å²) in [6.45, 7) is 4.03. The highest BCUT2D eigenvalue weighted by molar-refractivity contribution is 6.28. The number of aromatic nitrogens is 3. The molecule has 0 aliphatic carbocycles. The van der Waals surface area contributed by atoms with Gasteiger partial charge in [0.25, 0.3) is 0 Å². The molecular formula is C11H11ClN4. The first-order valence-corrected chi connectivity index (χ1v) is 5.18. The maximum absolute atomic E-state index is 5.74. The zero-order valence-electron chi connectivity index (χ0n) is 9.03. The fourth-order valence-corrected chi connectivity index (χ4v) is 1.76. The number of rotatable bonds is 1. The van der Waals surface area contributed by atoms with Crippen molar-refractivity contribution in [1.82, 2.24) is 15.0 Å². The third-order valence-corrected chi connectivity index (χ3v) is 2.27. The predicted octanol–water partition coefficient (Wildman–Crippen LogP) is 2.39. The van der Waals surface area contributed by atoms with Crippen molar-refractivity contribution in [2.24, 2.45) is 0 Å². The fourth-order valence-electron chi connectivity index (χ4n) is 1.60. The van der Waals surface area contributed by atoms with Crippen LogP contribution in [-0.4, -0.2) is 15.0 Å². The molecule has 0 unspecified atom stereocenters. The van der Waals surface area contributed by atoms with E-state index in [0.717, 1.165) is 16.7 Å². The Bertz CT molecular complexity index is 450. The molecule has 82 valence electrons. The van der Waals surface area contributed by atoms with Crippen molar-refractivity contribution in [1.29, 1.82) is 0 Å². The Morgan fingerprint density at radius 2 is 1.62 bits per heavy atom. The average Bonchev–Trinajstić information content (AvgIpc) is 2.14. The summed E-state index contributed by atoms with van der Waals surface area (Å²) in [5.74, 6) is 0.637. The molecule has 2 N–H and O–H groups in total. The molecule has 0 atom stereocenters. The molecule has 0 saturated heterocycles. The minimum Gasteiger partial charge on any atom is -0.368 e. The molecular weight excluding hydrogens is 224 g/mol. The standard InChI is InChI=1S/C11H11ClN4/c1-6-3-7(2)5-8(4-6)9-14-10(12)16-11(13)15-9/h3-5H,1-2H3,(H2,13,14,15,16). The summed E-state index contributed by atoms with van der Waals surface area (Å²) in [7, 11) is 0. The maximum Gasteiger partial charge on any atom is 0.227 e. The molecule has 0 aliphatic heterocycles. The van der Waals surface area contributed by atoms with Crippen molar-refractivity contribution >= 4 is 17.5 Å². The summed E-state index contributed by atoms with van der Waals surface area (Å²) in [6, 6.07) is 6.05. The molecule has 2 aromatic rings. The van der Waals surface area contributed by atoms with E-state index in [1.807, 2.05) is 26.0 Å². The predicted molar refractivity (Wildman–Crippen MR) is 64.2 cm³/mol. The molecule has 0 aliphatic rings. The van der Waals surface area contributed by atoms with Crippen LogP contribution in [0.1, 0.15) is 11.1 Å². The van der Waals surface area contributed by atoms with Crippen LogP contribution in [0.25, 0.3) is 11.4 Å². The van der Waals surface area contributed by atoms with Gasteiger partial charge in [-0.3, -0.25) is 0 Å². The molecule has 1 aromatic carbocycles. The van der Waals surface area contributed by atoms with E-state index in [-0.39, 0.29) is 11.2 Å². The van der Waals surface area contributed by atoms with Crippen LogP contribution in [-0.2, 0) is 0 Å². The van der Waals surface area contributed by atoms with E-state index in [9.17, 15) is 0 Å². The van der Waals surface area contributed by atoms with Crippen LogP contribution in [0.4, 0.5) is 5.95 Å². The van der Waals surface area contributed by atoms with Crippen molar-refractivity contribution in [3.63, 3.8) is 0 Å². The highest BCUT2D eigenvalue weighted by Crippen LogP contribution is 2.20. The molecule has 0 spiro atoms. The third-order valence-electron chi connectivity index (χ3n) is 2.11. The van der Waals surface area contributed by atoms with E-state index in [0.29, 0.717) is 5.82 Å². The van der Waals surface area contributed by atoms with E-state index in [1.165, 1.54) is 0 Å². The lowest BCUT2D eigenvalue weighted by atomic mass is 10.1. The van der Waals surface area contributed by atoms with Gasteiger partial charge in [0, 0.05) is 5.56 Å². The second kappa shape index (κ2) is 4.06. The van der Waals surface area contributed by atoms with Gasteiger partial charge in [-0.15, -0.1) is 0 Å². The lowest BCUT2D eigenvalue weighted by molar-refractivity contribution is 1.07. The first kappa shape index (κ1) is 10.8. The van der Waals surface area contributed by atoms with E-state index in [1.54, 1.807) is 0 Å². The Balaban J connectivity index is 2.57. The Hall–Kier alpha value is -1.68. The zero-order valence-corrected chi connectivity index (χ0v) is 9.78. The summed E-state index contributed by atoms with van der Waals surface area (Å²) >= 11 is 5.74. The van der Waals surface area contributed by atoms with Gasteiger partial charge in [-0.2, -0.15) is 15.0 Å². The quantitative estimate of drug-likeness (QED) is 0.823. The van der Waals surface area contributed by atoms with Gasteiger partial charge in [-0.05, 0) is 37.6 Å². The van der Waals surface area contributed by atoms with Crippen molar-refractivity contribution in [2.45, 2.75) is 13.8 Å². The first-order chi connectivity index (χ1) is 7.54. The number of aryl methyl sites for hydroxylation is 2. The number of anilines is 1. The van der Waals surface area contributed by atoms with Crippen molar-refractivity contribution in [2.75, 3.05) is 5.73 Å². The highest BCUT2D eigenvalue weighted by Gasteiger charge is 2.06. The Kier molecular flexibility index (Phi) is 2.75. The molecule has 0 amide bonds. The van der Waals surface area contributed by atoms with E-state index in [4.69, 9.17) is 17.3 Å². The minimum atomic E-state index is 0.113. The molecule has 0 fully saturated rings. The molecule has 1 aromatic heterocycles. The number of hydrogen-bond acceptors (Lipinski definition) is 4. The van der Waals surface area contributed by atoms with Crippen LogP contribution >= 0.6 is 11.6 Å². The number of halogens is 1. The van der Waals surface area contributed by atoms with Gasteiger partial charge in [0.05, 0.1) is 0 Å². The molecule has 2 rings (SSSR count). The third kappa shape index (κ3) is 2.28. The molecule has 5 heteroatoms. The Labute approximate surface area is 98.5 Å². The molecule has 4 nitrogen and oxygen atoms in total. The second-order valence-corrected chi connectivity index (χ2v) is 4.00. The fraction of sp³-hybridized carbons (Fsp3) is 0.182. The van der Waals surface area contributed by atoms with Crippen LogP contribution in [0.2, 0.25) is 5.28 Å². The summed E-state index contributed by atoms with van der Waals surface area (Å²) in [6.07, 6.45) is 0. The maximum atomic E-state index is 5.74. The Morgan fingerprint density at radius 3 is 2.19 bits per heavy atom. The van der Waals surface area contributed by atoms with Crippen LogP contribution in [0.5, 0.6) is 0 Å². The number of nitrogen functional groups attached to an aromatic ring is 1. The number of nitrogens with two attached hydrogens (primary N) is 1. The monoisotopic (exact) mass is 234 g/mol. The SMILES string of the molecule is Cc1cc(C)cc(-c2nc(N)nc(Cl)n2)c1. The van der Waals surface area contributed by atoms with Crippen molar-refractivity contribution in [3.05, 3.63) is 34.6 Å². The largest absolute Gasteiger partial charge is 0.368 e. The van der Waals surface area contributed by atoms with Crippen LogP contribution < -0.4 is 5.73 Å². The summed E-state index contributed by atoms with van der Waals surface area (Å²) in [5, 5.41) is 0.113. The lowest BCUT2D eigenvalue weighted by Crippen LogP contribution is -2.00. The molecule has 16 heavy (non-hydrogen) atoms. The summed E-state index contributed by atoms with van der Waals surface area (Å²) < 4.78 is 0. The van der Waals surface area contributed by atoms with E-state index >= 15 is 0 Å². The number of nitrogens with zero attached hydrogens (tertiary/aromatic N) is 3. The highest BCUT2D eigenvalue weighted by atomic mass is 35.5. The molecule has 0 radical (unpaired) electrons. The van der Waals surface area contributed by atoms with Gasteiger partial charge in [0.1, 0.15) is 0 Å². The van der Waals surface area contributed by atoms with Crippen LogP contribution in [0.3, 0.4) is 0 Å². The van der Waals surface area contributed by atoms with Crippen LogP contribution in [0.15, 0.2) is 18.2 Å². The van der Waals surface area contributed by atoms with Crippen molar-refractivity contribution in [3.8, 4) is 11.4 Å². The van der Waals surface area contributed by atoms with Gasteiger partial charge < -0.3 is 5.73 Å². The van der Waals surface area contributed by atoms with Gasteiger partial charge in [0.15, 0.2) is 5.82 Å². The molecule has 0 saturated carbocycles. The normalized spacial score (nSPS) is 10.4. The van der Waals surface area contributed by atoms with Crippen molar-refractivity contribution < 1.29 is 0 Å². The second-order valence-electron chi connectivity index (χ2n) is 3.66. The Morgan fingerprint density at radius 1 is 1.00 bits per heavy atom. The molecule has 1 heterocycles. The van der Waals surface area contributed by atoms with Gasteiger partial charge >= 0.3 is 0 Å². The lowest BCUT2D eigenvalue weighted by Gasteiger charge is -2.04. The smallest absolute Gasteiger partial charge is 0.227 e. The summed E-state index contributed by atoms with van der Waals surface area (Å²) in [5.41, 5.74) is 8.71. The number of benzene rings is 1.